The summed E-state index contributed by atoms with van der Waals surface area (Å²) < 4.78 is 0. The number of aromatic nitrogens is 1. The number of aliphatic hydroxyl groups excluding tert-OH is 1. The molecule has 1 N–H and O–H groups in total. The summed E-state index contributed by atoms with van der Waals surface area (Å²) in [4.78, 5) is 8.01. The fraction of sp³-hybridized carbons (Fsp3) is 0.400. The van der Waals surface area contributed by atoms with Gasteiger partial charge in [0, 0.05) is 12.2 Å². The van der Waals surface area contributed by atoms with E-state index in [9.17, 15) is 5.11 Å². The number of aliphatic hydroxyl groups is 1. The largest absolute Gasteiger partial charge is 0.391 e. The van der Waals surface area contributed by atoms with E-state index in [1.165, 1.54) is 11.3 Å². The van der Waals surface area contributed by atoms with Gasteiger partial charge < -0.3 is 10.0 Å². The third kappa shape index (κ3) is 2.15. The molecule has 0 saturated carbocycles. The van der Waals surface area contributed by atoms with Crippen LogP contribution in [0, 0.1) is 0 Å². The van der Waals surface area contributed by atoms with Gasteiger partial charge in [-0.3, -0.25) is 0 Å². The molecule has 3 nitrogen and oxygen atoms in total. The molecule has 2 aromatic rings. The van der Waals surface area contributed by atoms with Crippen LogP contribution in [0.3, 0.4) is 0 Å². The topological polar surface area (TPSA) is 36.4 Å². The summed E-state index contributed by atoms with van der Waals surface area (Å²) in [5.74, 6) is 0.352. The lowest BCUT2D eigenvalue weighted by Crippen LogP contribution is -2.12. The van der Waals surface area contributed by atoms with E-state index in [0.29, 0.717) is 5.92 Å². The van der Waals surface area contributed by atoms with Crippen molar-refractivity contribution in [3.05, 3.63) is 40.4 Å². The molecule has 0 bridgehead atoms. The van der Waals surface area contributed by atoms with E-state index >= 15 is 0 Å². The van der Waals surface area contributed by atoms with Crippen LogP contribution in [0.15, 0.2) is 24.3 Å². The fourth-order valence-corrected chi connectivity index (χ4v) is 3.68. The Morgan fingerprint density at radius 3 is 2.84 bits per heavy atom. The van der Waals surface area contributed by atoms with Gasteiger partial charge in [0.2, 0.25) is 0 Å². The lowest BCUT2D eigenvalue weighted by Gasteiger charge is -2.15. The molecule has 0 aliphatic carbocycles. The normalized spacial score (nSPS) is 14.2. The first-order valence-corrected chi connectivity index (χ1v) is 7.48. The summed E-state index contributed by atoms with van der Waals surface area (Å²) in [5.41, 5.74) is 3.68. The minimum atomic E-state index is 0.0840. The maximum Gasteiger partial charge on any atom is 0.190 e. The van der Waals surface area contributed by atoms with Gasteiger partial charge in [-0.2, -0.15) is 0 Å². The van der Waals surface area contributed by atoms with Gasteiger partial charge in [-0.1, -0.05) is 43.4 Å². The Bertz CT molecular complexity index is 592. The van der Waals surface area contributed by atoms with E-state index in [4.69, 9.17) is 4.98 Å². The molecule has 1 aromatic heterocycles. The number of benzene rings is 1. The average molecular weight is 274 g/mol. The van der Waals surface area contributed by atoms with Crippen LogP contribution >= 0.6 is 11.3 Å². The molecule has 3 rings (SSSR count). The van der Waals surface area contributed by atoms with E-state index in [1.54, 1.807) is 11.3 Å². The lowest BCUT2D eigenvalue weighted by molar-refractivity contribution is 0.283. The van der Waals surface area contributed by atoms with Gasteiger partial charge in [-0.25, -0.2) is 4.98 Å². The van der Waals surface area contributed by atoms with E-state index in [1.807, 2.05) is 0 Å². The van der Waals surface area contributed by atoms with Crippen LogP contribution < -0.4 is 4.90 Å². The Balaban J connectivity index is 2.00. The van der Waals surface area contributed by atoms with Gasteiger partial charge in [0.25, 0.3) is 0 Å². The van der Waals surface area contributed by atoms with Gasteiger partial charge in [-0.05, 0) is 24.0 Å². The highest BCUT2D eigenvalue weighted by Crippen LogP contribution is 2.38. The summed E-state index contributed by atoms with van der Waals surface area (Å²) >= 11 is 1.61. The zero-order valence-electron chi connectivity index (χ0n) is 11.3. The van der Waals surface area contributed by atoms with Gasteiger partial charge in [0.1, 0.15) is 0 Å². The van der Waals surface area contributed by atoms with E-state index in [-0.39, 0.29) is 6.61 Å². The molecule has 0 amide bonds. The Morgan fingerprint density at radius 1 is 1.37 bits per heavy atom. The fourth-order valence-electron chi connectivity index (χ4n) is 2.57. The Kier molecular flexibility index (Phi) is 3.29. The molecule has 0 atom stereocenters. The summed E-state index contributed by atoms with van der Waals surface area (Å²) in [7, 11) is 0. The molecule has 100 valence electrons. The lowest BCUT2D eigenvalue weighted by atomic mass is 10.1. The molecule has 2 heterocycles. The van der Waals surface area contributed by atoms with Crippen molar-refractivity contribution in [2.24, 2.45) is 0 Å². The number of para-hydroxylation sites is 1. The standard InChI is InChI=1S/C15H18N2OS/c1-10(2)14-13(9-18)19-15(16-14)17-8-7-11-5-3-4-6-12(11)17/h3-6,10,18H,7-9H2,1-2H3. The van der Waals surface area contributed by atoms with Crippen molar-refractivity contribution in [3.8, 4) is 0 Å². The number of fused-ring (bicyclic) bond motifs is 1. The first-order valence-electron chi connectivity index (χ1n) is 6.66. The van der Waals surface area contributed by atoms with E-state index in [0.717, 1.165) is 28.7 Å². The third-order valence-corrected chi connectivity index (χ3v) is 4.60. The molecule has 0 spiro atoms. The maximum absolute atomic E-state index is 9.47. The number of thiazole rings is 1. The second-order valence-corrected chi connectivity index (χ2v) is 6.21. The molecule has 0 radical (unpaired) electrons. The number of rotatable bonds is 3. The van der Waals surface area contributed by atoms with Crippen molar-refractivity contribution in [1.82, 2.24) is 4.98 Å². The molecule has 0 fully saturated rings. The monoisotopic (exact) mass is 274 g/mol. The van der Waals surface area contributed by atoms with Gasteiger partial charge in [0.05, 0.1) is 17.2 Å². The van der Waals surface area contributed by atoms with Gasteiger partial charge >= 0.3 is 0 Å². The van der Waals surface area contributed by atoms with Crippen LogP contribution in [0.4, 0.5) is 10.8 Å². The highest BCUT2D eigenvalue weighted by molar-refractivity contribution is 7.15. The zero-order chi connectivity index (χ0) is 13.4. The number of nitrogens with zero attached hydrogens (tertiary/aromatic N) is 2. The molecule has 1 aliphatic rings. The minimum absolute atomic E-state index is 0.0840. The number of hydrogen-bond acceptors (Lipinski definition) is 4. The van der Waals surface area contributed by atoms with Crippen LogP contribution in [0.5, 0.6) is 0 Å². The number of anilines is 2. The molecule has 1 aliphatic heterocycles. The first-order chi connectivity index (χ1) is 9.20. The van der Waals surface area contributed by atoms with E-state index < -0.39 is 0 Å². The Hall–Kier alpha value is -1.39. The molecule has 1 aromatic carbocycles. The molecule has 4 heteroatoms. The molecule has 0 saturated heterocycles. The third-order valence-electron chi connectivity index (χ3n) is 3.52. The number of hydrogen-bond donors (Lipinski definition) is 1. The highest BCUT2D eigenvalue weighted by atomic mass is 32.1. The summed E-state index contributed by atoms with van der Waals surface area (Å²) in [6.07, 6.45) is 1.07. The summed E-state index contributed by atoms with van der Waals surface area (Å²) in [6.45, 7) is 5.31. The molecular formula is C15H18N2OS. The minimum Gasteiger partial charge on any atom is -0.391 e. The van der Waals surface area contributed by atoms with Crippen LogP contribution in [0.1, 0.15) is 35.9 Å². The summed E-state index contributed by atoms with van der Waals surface area (Å²) in [5, 5.41) is 10.5. The smallest absolute Gasteiger partial charge is 0.190 e. The predicted octanol–water partition coefficient (Wildman–Crippen LogP) is 3.45. The zero-order valence-corrected chi connectivity index (χ0v) is 12.1. The maximum atomic E-state index is 9.47. The van der Waals surface area contributed by atoms with Crippen LogP contribution in [-0.4, -0.2) is 16.6 Å². The van der Waals surface area contributed by atoms with Crippen molar-refractivity contribution in [1.29, 1.82) is 0 Å². The second kappa shape index (κ2) is 4.94. The Morgan fingerprint density at radius 2 is 2.16 bits per heavy atom. The van der Waals surface area contributed by atoms with Crippen LogP contribution in [0.2, 0.25) is 0 Å². The SMILES string of the molecule is CC(C)c1nc(N2CCc3ccccc32)sc1CO. The average Bonchev–Trinajstić information content (AvgIpc) is 3.01. The molecule has 0 unspecified atom stereocenters. The highest BCUT2D eigenvalue weighted by Gasteiger charge is 2.24. The van der Waals surface area contributed by atoms with Gasteiger partial charge in [0.15, 0.2) is 5.13 Å². The quantitative estimate of drug-likeness (QED) is 0.931. The van der Waals surface area contributed by atoms with Crippen molar-refractivity contribution in [2.45, 2.75) is 32.8 Å². The van der Waals surface area contributed by atoms with Gasteiger partial charge in [-0.15, -0.1) is 0 Å². The first kappa shape index (κ1) is 12.6. The summed E-state index contributed by atoms with van der Waals surface area (Å²) in [6, 6.07) is 8.49. The van der Waals surface area contributed by atoms with Crippen LogP contribution in [-0.2, 0) is 13.0 Å². The predicted molar refractivity (Wildman–Crippen MR) is 79.3 cm³/mol. The van der Waals surface area contributed by atoms with E-state index in [2.05, 4.69) is 43.0 Å². The molecule has 19 heavy (non-hydrogen) atoms. The van der Waals surface area contributed by atoms with Crippen molar-refractivity contribution < 1.29 is 5.11 Å². The Labute approximate surface area is 117 Å². The van der Waals surface area contributed by atoms with Crippen molar-refractivity contribution >= 4 is 22.2 Å². The molecular weight excluding hydrogens is 256 g/mol. The van der Waals surface area contributed by atoms with Crippen molar-refractivity contribution in [2.75, 3.05) is 11.4 Å². The van der Waals surface area contributed by atoms with Crippen LogP contribution in [0.25, 0.3) is 0 Å². The second-order valence-electron chi connectivity index (χ2n) is 5.15. The van der Waals surface area contributed by atoms with Crippen molar-refractivity contribution in [3.63, 3.8) is 0 Å².